The van der Waals surface area contributed by atoms with E-state index in [0.29, 0.717) is 17.0 Å². The number of amides is 1. The van der Waals surface area contributed by atoms with Gasteiger partial charge in [0.15, 0.2) is 0 Å². The first kappa shape index (κ1) is 21.8. The van der Waals surface area contributed by atoms with Crippen LogP contribution in [0.2, 0.25) is 0 Å². The van der Waals surface area contributed by atoms with Gasteiger partial charge in [-0.15, -0.1) is 0 Å². The zero-order chi connectivity index (χ0) is 21.8. The van der Waals surface area contributed by atoms with Crippen LogP contribution in [0.25, 0.3) is 10.8 Å². The average Bonchev–Trinajstić information content (AvgIpc) is 2.75. The van der Waals surface area contributed by atoms with Gasteiger partial charge in [-0.1, -0.05) is 70.2 Å². The van der Waals surface area contributed by atoms with Crippen molar-refractivity contribution in [3.8, 4) is 0 Å². The van der Waals surface area contributed by atoms with Crippen molar-refractivity contribution in [2.24, 2.45) is 13.0 Å². The number of nitrogens with zero attached hydrogens (tertiary/aromatic N) is 2. The number of benzene rings is 2. The topological polar surface area (TPSA) is 64.0 Å². The normalized spacial score (nSPS) is 13.4. The highest BCUT2D eigenvalue weighted by atomic mass is 16.2. The van der Waals surface area contributed by atoms with Crippen LogP contribution in [0.3, 0.4) is 0 Å². The monoisotopic (exact) mass is 405 g/mol. The van der Waals surface area contributed by atoms with Gasteiger partial charge in [0.25, 0.3) is 5.56 Å². The number of nitrogens with one attached hydrogen (secondary N) is 1. The lowest BCUT2D eigenvalue weighted by Crippen LogP contribution is -2.33. The second-order valence-corrected chi connectivity index (χ2v) is 8.36. The zero-order valence-electron chi connectivity index (χ0n) is 18.5. The average molecular weight is 406 g/mol. The molecule has 0 aliphatic rings. The highest BCUT2D eigenvalue weighted by molar-refractivity contribution is 5.88. The molecule has 5 heteroatoms. The van der Waals surface area contributed by atoms with Gasteiger partial charge >= 0.3 is 0 Å². The van der Waals surface area contributed by atoms with Gasteiger partial charge in [-0.05, 0) is 35.4 Å². The summed E-state index contributed by atoms with van der Waals surface area (Å²) < 4.78 is 1.30. The molecular weight excluding hydrogens is 374 g/mol. The molecule has 0 fully saturated rings. The van der Waals surface area contributed by atoms with Gasteiger partial charge in [0.1, 0.15) is 0 Å². The Hall–Kier alpha value is -2.95. The molecule has 0 saturated heterocycles. The van der Waals surface area contributed by atoms with E-state index in [1.807, 2.05) is 18.2 Å². The smallest absolute Gasteiger partial charge is 0.274 e. The molecule has 158 valence electrons. The molecule has 2 unspecified atom stereocenters. The summed E-state index contributed by atoms with van der Waals surface area (Å²) in [6.45, 7) is 8.62. The first-order valence-corrected chi connectivity index (χ1v) is 10.7. The summed E-state index contributed by atoms with van der Waals surface area (Å²) in [6.07, 6.45) is 1.23. The van der Waals surface area contributed by atoms with Crippen LogP contribution in [0.15, 0.2) is 53.3 Å². The Morgan fingerprint density at radius 1 is 1.00 bits per heavy atom. The number of aromatic nitrogens is 2. The minimum absolute atomic E-state index is 0.0812. The minimum Gasteiger partial charge on any atom is -0.349 e. The van der Waals surface area contributed by atoms with E-state index in [0.717, 1.165) is 17.4 Å². The molecule has 1 heterocycles. The summed E-state index contributed by atoms with van der Waals surface area (Å²) in [7, 11) is 1.62. The predicted octanol–water partition coefficient (Wildman–Crippen LogP) is 4.50. The summed E-state index contributed by atoms with van der Waals surface area (Å²) in [4.78, 5) is 25.2. The highest BCUT2D eigenvalue weighted by Crippen LogP contribution is 2.25. The SMILES string of the molecule is CCC(C)c1ccc(C(NC(=O)Cc2nn(C)c(=O)c3ccccc23)C(C)C)cc1. The molecule has 30 heavy (non-hydrogen) atoms. The quantitative estimate of drug-likeness (QED) is 0.629. The van der Waals surface area contributed by atoms with Crippen LogP contribution in [0.4, 0.5) is 0 Å². The van der Waals surface area contributed by atoms with E-state index in [9.17, 15) is 9.59 Å². The van der Waals surface area contributed by atoms with E-state index in [2.05, 4.69) is 62.4 Å². The van der Waals surface area contributed by atoms with Crippen LogP contribution in [-0.4, -0.2) is 15.7 Å². The largest absolute Gasteiger partial charge is 0.349 e. The Morgan fingerprint density at radius 3 is 2.20 bits per heavy atom. The van der Waals surface area contributed by atoms with Crippen molar-refractivity contribution in [1.29, 1.82) is 0 Å². The van der Waals surface area contributed by atoms with Gasteiger partial charge in [-0.2, -0.15) is 5.10 Å². The van der Waals surface area contributed by atoms with E-state index in [1.165, 1.54) is 10.2 Å². The highest BCUT2D eigenvalue weighted by Gasteiger charge is 2.20. The fourth-order valence-corrected chi connectivity index (χ4v) is 3.79. The standard InChI is InChI=1S/C25H31N3O2/c1-6-17(4)18-11-13-19(14-12-18)24(16(2)3)26-23(29)15-22-20-9-7-8-10-21(20)25(30)28(5)27-22/h7-14,16-17,24H,6,15H2,1-5H3,(H,26,29). The molecule has 0 bridgehead atoms. The minimum atomic E-state index is -0.156. The molecular formula is C25H31N3O2. The molecule has 3 aromatic rings. The Balaban J connectivity index is 1.82. The van der Waals surface area contributed by atoms with E-state index in [-0.39, 0.29) is 29.8 Å². The van der Waals surface area contributed by atoms with Crippen molar-refractivity contribution >= 4 is 16.7 Å². The molecule has 1 amide bonds. The number of rotatable bonds is 7. The number of hydrogen-bond donors (Lipinski definition) is 1. The van der Waals surface area contributed by atoms with Crippen LogP contribution in [0.5, 0.6) is 0 Å². The molecule has 1 N–H and O–H groups in total. The van der Waals surface area contributed by atoms with Crippen molar-refractivity contribution in [2.45, 2.75) is 52.5 Å². The van der Waals surface area contributed by atoms with Crippen LogP contribution in [0, 0.1) is 5.92 Å². The maximum Gasteiger partial charge on any atom is 0.274 e. The van der Waals surface area contributed by atoms with Crippen LogP contribution in [0.1, 0.15) is 62.9 Å². The van der Waals surface area contributed by atoms with Gasteiger partial charge in [0.05, 0.1) is 23.5 Å². The maximum absolute atomic E-state index is 12.9. The first-order valence-electron chi connectivity index (χ1n) is 10.7. The third kappa shape index (κ3) is 4.61. The lowest BCUT2D eigenvalue weighted by molar-refractivity contribution is -0.121. The molecule has 0 radical (unpaired) electrons. The second kappa shape index (κ2) is 9.24. The van der Waals surface area contributed by atoms with Crippen molar-refractivity contribution in [3.05, 3.63) is 75.7 Å². The Labute approximate surface area is 178 Å². The Bertz CT molecular complexity index is 1080. The molecule has 2 aromatic carbocycles. The molecule has 0 aliphatic heterocycles. The third-order valence-corrected chi connectivity index (χ3v) is 5.82. The number of aryl methyl sites for hydroxylation is 1. The van der Waals surface area contributed by atoms with E-state index >= 15 is 0 Å². The molecule has 0 saturated carbocycles. The van der Waals surface area contributed by atoms with Crippen molar-refractivity contribution in [2.75, 3.05) is 0 Å². The molecule has 0 aliphatic carbocycles. The fourth-order valence-electron chi connectivity index (χ4n) is 3.79. The lowest BCUT2D eigenvalue weighted by atomic mass is 9.92. The molecule has 0 spiro atoms. The summed E-state index contributed by atoms with van der Waals surface area (Å²) in [5, 5.41) is 8.84. The molecule has 1 aromatic heterocycles. The van der Waals surface area contributed by atoms with Crippen LogP contribution in [-0.2, 0) is 18.3 Å². The van der Waals surface area contributed by atoms with Gasteiger partial charge in [0.2, 0.25) is 5.91 Å². The third-order valence-electron chi connectivity index (χ3n) is 5.82. The van der Waals surface area contributed by atoms with Gasteiger partial charge in [-0.25, -0.2) is 4.68 Å². The lowest BCUT2D eigenvalue weighted by Gasteiger charge is -2.24. The van der Waals surface area contributed by atoms with Crippen molar-refractivity contribution in [3.63, 3.8) is 0 Å². The molecule has 3 rings (SSSR count). The number of carbonyl (C=O) groups excluding carboxylic acids is 1. The predicted molar refractivity (Wildman–Crippen MR) is 122 cm³/mol. The van der Waals surface area contributed by atoms with Crippen LogP contribution >= 0.6 is 0 Å². The van der Waals surface area contributed by atoms with Gasteiger partial charge in [-0.3, -0.25) is 9.59 Å². The second-order valence-electron chi connectivity index (χ2n) is 8.36. The van der Waals surface area contributed by atoms with E-state index in [4.69, 9.17) is 0 Å². The maximum atomic E-state index is 12.9. The fraction of sp³-hybridized carbons (Fsp3) is 0.400. The number of fused-ring (bicyclic) bond motifs is 1. The van der Waals surface area contributed by atoms with Gasteiger partial charge < -0.3 is 5.32 Å². The first-order chi connectivity index (χ1) is 14.3. The molecule has 5 nitrogen and oxygen atoms in total. The summed E-state index contributed by atoms with van der Waals surface area (Å²) in [5.41, 5.74) is 2.87. The Morgan fingerprint density at radius 2 is 1.60 bits per heavy atom. The van der Waals surface area contributed by atoms with E-state index < -0.39 is 0 Å². The molecule has 2 atom stereocenters. The zero-order valence-corrected chi connectivity index (χ0v) is 18.5. The van der Waals surface area contributed by atoms with E-state index in [1.54, 1.807) is 13.1 Å². The van der Waals surface area contributed by atoms with Gasteiger partial charge in [0, 0.05) is 12.4 Å². The summed E-state index contributed by atoms with van der Waals surface area (Å²) in [6, 6.07) is 15.8. The number of hydrogen-bond acceptors (Lipinski definition) is 3. The van der Waals surface area contributed by atoms with Crippen molar-refractivity contribution < 1.29 is 4.79 Å². The summed E-state index contributed by atoms with van der Waals surface area (Å²) >= 11 is 0. The Kier molecular flexibility index (Phi) is 6.70. The number of carbonyl (C=O) groups is 1. The summed E-state index contributed by atoms with van der Waals surface area (Å²) in [5.74, 6) is 0.666. The van der Waals surface area contributed by atoms with Crippen LogP contribution < -0.4 is 10.9 Å². The van der Waals surface area contributed by atoms with Crippen molar-refractivity contribution in [1.82, 2.24) is 15.1 Å².